The Morgan fingerprint density at radius 2 is 2.00 bits per heavy atom. The van der Waals surface area contributed by atoms with E-state index in [0.717, 1.165) is 29.8 Å². The van der Waals surface area contributed by atoms with Crippen molar-refractivity contribution in [3.63, 3.8) is 0 Å². The molecule has 1 amide bonds. The summed E-state index contributed by atoms with van der Waals surface area (Å²) in [6.07, 6.45) is 3.33. The summed E-state index contributed by atoms with van der Waals surface area (Å²) >= 11 is 0. The first-order valence-electron chi connectivity index (χ1n) is 9.02. The van der Waals surface area contributed by atoms with E-state index in [1.54, 1.807) is 11.1 Å². The van der Waals surface area contributed by atoms with Crippen LogP contribution in [0.25, 0.3) is 0 Å². The first kappa shape index (κ1) is 19.2. The Morgan fingerprint density at radius 3 is 2.60 bits per heavy atom. The maximum atomic E-state index is 13.2. The number of aryl methyl sites for hydroxylation is 2. The highest BCUT2D eigenvalue weighted by molar-refractivity contribution is 5.95. The number of hydrogen-bond acceptors (Lipinski definition) is 3. The van der Waals surface area contributed by atoms with Crippen molar-refractivity contribution in [1.29, 1.82) is 0 Å². The summed E-state index contributed by atoms with van der Waals surface area (Å²) in [5, 5.41) is 14.1. The number of rotatable bonds is 8. The van der Waals surface area contributed by atoms with Crippen LogP contribution in [-0.2, 0) is 13.1 Å². The Bertz CT molecular complexity index is 705. The van der Waals surface area contributed by atoms with E-state index in [9.17, 15) is 9.90 Å². The molecule has 2 rings (SSSR count). The minimum Gasteiger partial charge on any atom is -0.394 e. The van der Waals surface area contributed by atoms with E-state index in [1.165, 1.54) is 0 Å². The highest BCUT2D eigenvalue weighted by Crippen LogP contribution is 2.19. The standard InChI is InChI=1S/C20H29N3O2/c1-5-11-23-16(4)19(12-21-23)20(25)22(18(6-2)14-24)13-17-10-8-7-9-15(17)3/h7-10,12,18,24H,5-6,11,13-14H2,1-4H3. The monoisotopic (exact) mass is 343 g/mol. The molecule has 1 heterocycles. The zero-order valence-corrected chi connectivity index (χ0v) is 15.7. The minimum absolute atomic E-state index is 0.0454. The lowest BCUT2D eigenvalue weighted by Gasteiger charge is -2.30. The number of amides is 1. The smallest absolute Gasteiger partial charge is 0.257 e. The third-order valence-corrected chi connectivity index (χ3v) is 4.75. The minimum atomic E-state index is -0.207. The van der Waals surface area contributed by atoms with Crippen LogP contribution in [0.15, 0.2) is 30.5 Å². The van der Waals surface area contributed by atoms with Gasteiger partial charge in [-0.15, -0.1) is 0 Å². The van der Waals surface area contributed by atoms with Gasteiger partial charge in [0.25, 0.3) is 5.91 Å². The van der Waals surface area contributed by atoms with E-state index >= 15 is 0 Å². The third-order valence-electron chi connectivity index (χ3n) is 4.75. The molecule has 0 bridgehead atoms. The fourth-order valence-electron chi connectivity index (χ4n) is 3.03. The second-order valence-electron chi connectivity index (χ2n) is 6.47. The maximum Gasteiger partial charge on any atom is 0.257 e. The number of carbonyl (C=O) groups excluding carboxylic acids is 1. The fraction of sp³-hybridized carbons (Fsp3) is 0.500. The lowest BCUT2D eigenvalue weighted by molar-refractivity contribution is 0.0562. The van der Waals surface area contributed by atoms with E-state index in [1.807, 2.05) is 49.7 Å². The quantitative estimate of drug-likeness (QED) is 0.800. The predicted molar refractivity (Wildman–Crippen MR) is 99.5 cm³/mol. The summed E-state index contributed by atoms with van der Waals surface area (Å²) in [6, 6.07) is 7.85. The Labute approximate surface area is 150 Å². The summed E-state index contributed by atoms with van der Waals surface area (Å²) in [5.41, 5.74) is 3.75. The molecule has 25 heavy (non-hydrogen) atoms. The van der Waals surface area contributed by atoms with Gasteiger partial charge in [0.15, 0.2) is 0 Å². The average molecular weight is 343 g/mol. The van der Waals surface area contributed by atoms with Gasteiger partial charge in [0.1, 0.15) is 0 Å². The number of nitrogens with zero attached hydrogens (tertiary/aromatic N) is 3. The molecule has 1 aromatic carbocycles. The van der Waals surface area contributed by atoms with Crippen LogP contribution in [0.1, 0.15) is 53.9 Å². The molecule has 1 atom stereocenters. The van der Waals surface area contributed by atoms with Gasteiger partial charge in [-0.25, -0.2) is 0 Å². The molecule has 1 aromatic heterocycles. The van der Waals surface area contributed by atoms with Gasteiger partial charge in [-0.1, -0.05) is 38.1 Å². The molecule has 5 nitrogen and oxygen atoms in total. The van der Waals surface area contributed by atoms with E-state index in [2.05, 4.69) is 12.0 Å². The molecular weight excluding hydrogens is 314 g/mol. The summed E-state index contributed by atoms with van der Waals surface area (Å²) in [6.45, 7) is 9.30. The van der Waals surface area contributed by atoms with Gasteiger partial charge < -0.3 is 10.0 Å². The SMILES string of the molecule is CCCn1ncc(C(=O)N(Cc2ccccc2C)C(CC)CO)c1C. The third kappa shape index (κ3) is 4.28. The van der Waals surface area contributed by atoms with Crippen LogP contribution in [-0.4, -0.2) is 38.3 Å². The molecule has 0 radical (unpaired) electrons. The highest BCUT2D eigenvalue weighted by atomic mass is 16.3. The van der Waals surface area contributed by atoms with Crippen molar-refractivity contribution in [3.8, 4) is 0 Å². The van der Waals surface area contributed by atoms with Gasteiger partial charge in [-0.2, -0.15) is 5.10 Å². The number of aromatic nitrogens is 2. The van der Waals surface area contributed by atoms with Crippen LogP contribution in [0.3, 0.4) is 0 Å². The number of carbonyl (C=O) groups is 1. The summed E-state index contributed by atoms with van der Waals surface area (Å²) < 4.78 is 1.87. The van der Waals surface area contributed by atoms with Gasteiger partial charge in [0.05, 0.1) is 24.4 Å². The summed E-state index contributed by atoms with van der Waals surface area (Å²) in [4.78, 5) is 15.0. The number of benzene rings is 1. The molecule has 1 N–H and O–H groups in total. The second-order valence-corrected chi connectivity index (χ2v) is 6.47. The van der Waals surface area contributed by atoms with Crippen molar-refractivity contribution in [2.75, 3.05) is 6.61 Å². The highest BCUT2D eigenvalue weighted by Gasteiger charge is 2.26. The van der Waals surface area contributed by atoms with Crippen molar-refractivity contribution in [3.05, 3.63) is 52.8 Å². The van der Waals surface area contributed by atoms with Crippen molar-refractivity contribution >= 4 is 5.91 Å². The Hall–Kier alpha value is -2.14. The largest absolute Gasteiger partial charge is 0.394 e. The van der Waals surface area contributed by atoms with Crippen LogP contribution >= 0.6 is 0 Å². The molecule has 0 aliphatic carbocycles. The molecule has 0 aliphatic rings. The molecule has 0 saturated carbocycles. The molecule has 0 fully saturated rings. The van der Waals surface area contributed by atoms with Gasteiger partial charge in [0, 0.05) is 18.8 Å². The van der Waals surface area contributed by atoms with Gasteiger partial charge in [0.2, 0.25) is 0 Å². The zero-order valence-electron chi connectivity index (χ0n) is 15.7. The summed E-state index contributed by atoms with van der Waals surface area (Å²) in [5.74, 6) is -0.0657. The number of aliphatic hydroxyl groups is 1. The fourth-order valence-corrected chi connectivity index (χ4v) is 3.03. The Kier molecular flexibility index (Phi) is 6.76. The molecule has 136 valence electrons. The molecule has 0 aliphatic heterocycles. The molecule has 1 unspecified atom stereocenters. The van der Waals surface area contributed by atoms with Crippen molar-refractivity contribution in [1.82, 2.24) is 14.7 Å². The normalized spacial score (nSPS) is 12.2. The molecule has 0 spiro atoms. The van der Waals surface area contributed by atoms with Crippen molar-refractivity contribution < 1.29 is 9.90 Å². The van der Waals surface area contributed by atoms with Gasteiger partial charge >= 0.3 is 0 Å². The van der Waals surface area contributed by atoms with Crippen molar-refractivity contribution in [2.45, 2.75) is 59.7 Å². The second kappa shape index (κ2) is 8.81. The molecular formula is C20H29N3O2. The lowest BCUT2D eigenvalue weighted by atomic mass is 10.1. The first-order chi connectivity index (χ1) is 12.0. The van der Waals surface area contributed by atoms with Crippen LogP contribution < -0.4 is 0 Å². The average Bonchev–Trinajstić information content (AvgIpc) is 2.97. The predicted octanol–water partition coefficient (Wildman–Crippen LogP) is 3.32. The Morgan fingerprint density at radius 1 is 1.28 bits per heavy atom. The van der Waals surface area contributed by atoms with E-state index < -0.39 is 0 Å². The van der Waals surface area contributed by atoms with Crippen LogP contribution in [0, 0.1) is 13.8 Å². The van der Waals surface area contributed by atoms with E-state index in [4.69, 9.17) is 0 Å². The molecule has 0 saturated heterocycles. The van der Waals surface area contributed by atoms with Gasteiger partial charge in [-0.3, -0.25) is 9.48 Å². The van der Waals surface area contributed by atoms with Crippen LogP contribution in [0.4, 0.5) is 0 Å². The van der Waals surface area contributed by atoms with Gasteiger partial charge in [-0.05, 0) is 37.8 Å². The lowest BCUT2D eigenvalue weighted by Crippen LogP contribution is -2.42. The Balaban J connectivity index is 2.35. The van der Waals surface area contributed by atoms with E-state index in [-0.39, 0.29) is 18.6 Å². The summed E-state index contributed by atoms with van der Waals surface area (Å²) in [7, 11) is 0. The zero-order chi connectivity index (χ0) is 18.4. The molecule has 5 heteroatoms. The molecule has 2 aromatic rings. The topological polar surface area (TPSA) is 58.4 Å². The number of hydrogen-bond donors (Lipinski definition) is 1. The van der Waals surface area contributed by atoms with Crippen LogP contribution in [0.2, 0.25) is 0 Å². The number of aliphatic hydroxyl groups excluding tert-OH is 1. The van der Waals surface area contributed by atoms with Crippen LogP contribution in [0.5, 0.6) is 0 Å². The maximum absolute atomic E-state index is 13.2. The van der Waals surface area contributed by atoms with Crippen molar-refractivity contribution in [2.24, 2.45) is 0 Å². The van der Waals surface area contributed by atoms with E-state index in [0.29, 0.717) is 18.5 Å². The first-order valence-corrected chi connectivity index (χ1v) is 9.02.